The smallest absolute Gasteiger partial charge is 0.161 e. The van der Waals surface area contributed by atoms with E-state index in [4.69, 9.17) is 0 Å². The Morgan fingerprint density at radius 3 is 2.53 bits per heavy atom. The fraction of sp³-hybridized carbons (Fsp3) is 0.167. The predicted molar refractivity (Wildman–Crippen MR) is 57.3 cm³/mol. The molecule has 0 aliphatic rings. The molecule has 76 valence electrons. The van der Waals surface area contributed by atoms with E-state index in [1.165, 1.54) is 0 Å². The van der Waals surface area contributed by atoms with E-state index in [0.29, 0.717) is 5.82 Å². The molecule has 1 unspecified atom stereocenters. The zero-order valence-electron chi connectivity index (χ0n) is 8.46. The number of nitrogens with zero attached hydrogens (tertiary/aromatic N) is 2. The maximum atomic E-state index is 9.99. The van der Waals surface area contributed by atoms with Gasteiger partial charge < -0.3 is 5.11 Å². The van der Waals surface area contributed by atoms with Gasteiger partial charge in [-0.2, -0.15) is 0 Å². The van der Waals surface area contributed by atoms with Crippen molar-refractivity contribution in [1.82, 2.24) is 9.97 Å². The summed E-state index contributed by atoms with van der Waals surface area (Å²) in [7, 11) is 0. The molecule has 1 aromatic carbocycles. The number of aliphatic hydroxyl groups excluding tert-OH is 1. The van der Waals surface area contributed by atoms with Crippen LogP contribution < -0.4 is 0 Å². The van der Waals surface area contributed by atoms with Crippen LogP contribution in [0.15, 0.2) is 42.6 Å². The van der Waals surface area contributed by atoms with Gasteiger partial charge >= 0.3 is 0 Å². The molecular formula is C12H12N2O. The van der Waals surface area contributed by atoms with Crippen LogP contribution in [0.25, 0.3) is 0 Å². The summed E-state index contributed by atoms with van der Waals surface area (Å²) in [5, 5.41) is 9.99. The fourth-order valence-electron chi connectivity index (χ4n) is 1.38. The zero-order chi connectivity index (χ0) is 10.7. The minimum atomic E-state index is -0.744. The van der Waals surface area contributed by atoms with E-state index >= 15 is 0 Å². The van der Waals surface area contributed by atoms with Crippen molar-refractivity contribution in [3.8, 4) is 0 Å². The Morgan fingerprint density at radius 1 is 1.13 bits per heavy atom. The van der Waals surface area contributed by atoms with Gasteiger partial charge in [-0.15, -0.1) is 0 Å². The summed E-state index contributed by atoms with van der Waals surface area (Å²) in [6.45, 7) is 1.88. The van der Waals surface area contributed by atoms with Crippen LogP contribution in [-0.2, 0) is 0 Å². The van der Waals surface area contributed by atoms with Crippen molar-refractivity contribution in [1.29, 1.82) is 0 Å². The van der Waals surface area contributed by atoms with Crippen molar-refractivity contribution < 1.29 is 5.11 Å². The van der Waals surface area contributed by atoms with Gasteiger partial charge in [0.1, 0.15) is 6.10 Å². The number of hydrogen-bond donors (Lipinski definition) is 1. The van der Waals surface area contributed by atoms with Crippen LogP contribution in [0.2, 0.25) is 0 Å². The van der Waals surface area contributed by atoms with Crippen molar-refractivity contribution in [2.24, 2.45) is 0 Å². The highest BCUT2D eigenvalue weighted by Crippen LogP contribution is 2.17. The van der Waals surface area contributed by atoms with Gasteiger partial charge in [-0.25, -0.2) is 9.97 Å². The standard InChI is InChI=1S/C12H12N2O/c1-9-7-8-13-12(14-9)11(15)10-5-3-2-4-6-10/h2-8,11,15H,1H3. The van der Waals surface area contributed by atoms with E-state index in [1.54, 1.807) is 12.3 Å². The number of benzene rings is 1. The molecular weight excluding hydrogens is 188 g/mol. The third-order valence-electron chi connectivity index (χ3n) is 2.17. The fourth-order valence-corrected chi connectivity index (χ4v) is 1.38. The van der Waals surface area contributed by atoms with Crippen LogP contribution in [0.1, 0.15) is 23.2 Å². The molecule has 1 atom stereocenters. The van der Waals surface area contributed by atoms with Crippen molar-refractivity contribution >= 4 is 0 Å². The highest BCUT2D eigenvalue weighted by molar-refractivity contribution is 5.22. The molecule has 1 heterocycles. The first kappa shape index (κ1) is 9.80. The van der Waals surface area contributed by atoms with E-state index in [0.717, 1.165) is 11.3 Å². The molecule has 3 nitrogen and oxygen atoms in total. The Balaban J connectivity index is 2.32. The van der Waals surface area contributed by atoms with Gasteiger partial charge in [0.25, 0.3) is 0 Å². The van der Waals surface area contributed by atoms with Crippen molar-refractivity contribution in [3.05, 3.63) is 59.7 Å². The highest BCUT2D eigenvalue weighted by Gasteiger charge is 2.12. The molecule has 1 N–H and O–H groups in total. The van der Waals surface area contributed by atoms with Crippen LogP contribution in [0.3, 0.4) is 0 Å². The number of aliphatic hydroxyl groups is 1. The summed E-state index contributed by atoms with van der Waals surface area (Å²) in [6.07, 6.45) is 0.912. The Bertz CT molecular complexity index is 442. The van der Waals surface area contributed by atoms with Crippen molar-refractivity contribution in [2.75, 3.05) is 0 Å². The second-order valence-corrected chi connectivity index (χ2v) is 3.37. The van der Waals surface area contributed by atoms with Crippen LogP contribution >= 0.6 is 0 Å². The first-order valence-corrected chi connectivity index (χ1v) is 4.80. The molecule has 0 radical (unpaired) electrons. The van der Waals surface area contributed by atoms with Crippen LogP contribution in [0, 0.1) is 6.92 Å². The summed E-state index contributed by atoms with van der Waals surface area (Å²) in [6, 6.07) is 11.2. The van der Waals surface area contributed by atoms with E-state index in [9.17, 15) is 5.11 Å². The third kappa shape index (κ3) is 2.19. The maximum Gasteiger partial charge on any atom is 0.161 e. The Labute approximate surface area is 88.5 Å². The summed E-state index contributed by atoms with van der Waals surface area (Å²) < 4.78 is 0. The molecule has 1 aromatic heterocycles. The van der Waals surface area contributed by atoms with Crippen molar-refractivity contribution in [2.45, 2.75) is 13.0 Å². The lowest BCUT2D eigenvalue weighted by atomic mass is 10.1. The summed E-state index contributed by atoms with van der Waals surface area (Å²) in [4.78, 5) is 8.24. The van der Waals surface area contributed by atoms with E-state index < -0.39 is 6.10 Å². The monoisotopic (exact) mass is 200 g/mol. The molecule has 0 bridgehead atoms. The van der Waals surface area contributed by atoms with Gasteiger partial charge in [-0.1, -0.05) is 30.3 Å². The van der Waals surface area contributed by atoms with Gasteiger partial charge in [0.2, 0.25) is 0 Å². The number of hydrogen-bond acceptors (Lipinski definition) is 3. The number of rotatable bonds is 2. The Hall–Kier alpha value is -1.74. The lowest BCUT2D eigenvalue weighted by molar-refractivity contribution is 0.209. The number of aryl methyl sites for hydroxylation is 1. The van der Waals surface area contributed by atoms with Crippen LogP contribution in [0.4, 0.5) is 0 Å². The average Bonchev–Trinajstić information content (AvgIpc) is 2.29. The lowest BCUT2D eigenvalue weighted by Crippen LogP contribution is -2.05. The Kier molecular flexibility index (Phi) is 2.74. The molecule has 0 aliphatic heterocycles. The third-order valence-corrected chi connectivity index (χ3v) is 2.17. The minimum absolute atomic E-state index is 0.446. The van der Waals surface area contributed by atoms with Gasteiger partial charge in [-0.3, -0.25) is 0 Å². The molecule has 2 aromatic rings. The van der Waals surface area contributed by atoms with Gasteiger partial charge in [0, 0.05) is 11.9 Å². The topological polar surface area (TPSA) is 46.0 Å². The van der Waals surface area contributed by atoms with E-state index in [1.807, 2.05) is 37.3 Å². The molecule has 2 rings (SSSR count). The maximum absolute atomic E-state index is 9.99. The second-order valence-electron chi connectivity index (χ2n) is 3.37. The molecule has 0 fully saturated rings. The first-order valence-electron chi connectivity index (χ1n) is 4.80. The van der Waals surface area contributed by atoms with Gasteiger partial charge in [-0.05, 0) is 18.6 Å². The largest absolute Gasteiger partial charge is 0.380 e. The Morgan fingerprint density at radius 2 is 1.87 bits per heavy atom. The molecule has 0 aliphatic carbocycles. The van der Waals surface area contributed by atoms with E-state index in [-0.39, 0.29) is 0 Å². The van der Waals surface area contributed by atoms with E-state index in [2.05, 4.69) is 9.97 Å². The van der Waals surface area contributed by atoms with Crippen LogP contribution in [-0.4, -0.2) is 15.1 Å². The number of aromatic nitrogens is 2. The molecule has 0 amide bonds. The van der Waals surface area contributed by atoms with Gasteiger partial charge in [0.05, 0.1) is 0 Å². The predicted octanol–water partition coefficient (Wildman–Crippen LogP) is 1.87. The second kappa shape index (κ2) is 4.19. The van der Waals surface area contributed by atoms with Crippen molar-refractivity contribution in [3.63, 3.8) is 0 Å². The normalized spacial score (nSPS) is 12.4. The minimum Gasteiger partial charge on any atom is -0.380 e. The summed E-state index contributed by atoms with van der Waals surface area (Å²) >= 11 is 0. The van der Waals surface area contributed by atoms with Crippen LogP contribution in [0.5, 0.6) is 0 Å². The molecule has 3 heteroatoms. The summed E-state index contributed by atoms with van der Waals surface area (Å²) in [5.74, 6) is 0.446. The van der Waals surface area contributed by atoms with Gasteiger partial charge in [0.15, 0.2) is 5.82 Å². The molecule has 0 saturated heterocycles. The zero-order valence-corrected chi connectivity index (χ0v) is 8.46. The average molecular weight is 200 g/mol. The summed E-state index contributed by atoms with van der Waals surface area (Å²) in [5.41, 5.74) is 1.66. The SMILES string of the molecule is Cc1ccnc(C(O)c2ccccc2)n1. The lowest BCUT2D eigenvalue weighted by Gasteiger charge is -2.09. The quantitative estimate of drug-likeness (QED) is 0.804. The highest BCUT2D eigenvalue weighted by atomic mass is 16.3. The molecule has 0 saturated carbocycles. The first-order chi connectivity index (χ1) is 7.27. The molecule has 0 spiro atoms. The molecule has 15 heavy (non-hydrogen) atoms.